The number of aryl methyl sites for hydroxylation is 1. The molecule has 0 spiro atoms. The van der Waals surface area contributed by atoms with Crippen LogP contribution in [0.15, 0.2) is 43.0 Å². The number of ether oxygens (including phenoxy) is 2. The second-order valence-corrected chi connectivity index (χ2v) is 8.48. The molecule has 0 aliphatic carbocycles. The predicted molar refractivity (Wildman–Crippen MR) is 125 cm³/mol. The number of imidazole rings is 1. The molecule has 0 bridgehead atoms. The van der Waals surface area contributed by atoms with Crippen LogP contribution in [-0.4, -0.2) is 54.4 Å². The Morgan fingerprint density at radius 1 is 1.35 bits per heavy atom. The second-order valence-electron chi connectivity index (χ2n) is 8.48. The highest BCUT2D eigenvalue weighted by Crippen LogP contribution is 2.32. The van der Waals surface area contributed by atoms with Crippen LogP contribution in [0, 0.1) is 6.92 Å². The normalized spacial score (nSPS) is 17.9. The standard InChI is InChI=1S/C23H26N8O3/c1-13(2)26-23(32)34-16-9-18(33-12-16)17-10-19(30-29-17)28-22-27-14(3)20(15-5-4-6-24-11-15)21-25-7-8-31(21)22/h4-8,10-11,13,16,18H,9,12H2,1-3H3,(H,26,32)(H2,27,28,29,30). The van der Waals surface area contributed by atoms with Crippen molar-refractivity contribution in [2.75, 3.05) is 11.9 Å². The van der Waals surface area contributed by atoms with E-state index in [2.05, 4.69) is 30.8 Å². The number of anilines is 2. The number of aromatic amines is 1. The van der Waals surface area contributed by atoms with Crippen molar-refractivity contribution in [3.63, 3.8) is 0 Å². The van der Waals surface area contributed by atoms with Crippen molar-refractivity contribution in [3.8, 4) is 11.1 Å². The summed E-state index contributed by atoms with van der Waals surface area (Å²) in [6.07, 6.45) is 6.70. The van der Waals surface area contributed by atoms with Gasteiger partial charge >= 0.3 is 6.09 Å². The van der Waals surface area contributed by atoms with Crippen LogP contribution in [0.3, 0.4) is 0 Å². The first-order chi connectivity index (χ1) is 16.5. The van der Waals surface area contributed by atoms with Gasteiger partial charge in [0.05, 0.1) is 18.0 Å². The summed E-state index contributed by atoms with van der Waals surface area (Å²) in [5.74, 6) is 1.19. The number of aromatic nitrogens is 6. The molecular formula is C23H26N8O3. The molecule has 1 aliphatic heterocycles. The van der Waals surface area contributed by atoms with Crippen molar-refractivity contribution in [2.24, 2.45) is 0 Å². The topological polar surface area (TPSA) is 131 Å². The third kappa shape index (κ3) is 4.42. The Balaban J connectivity index is 1.32. The molecule has 4 aromatic heterocycles. The molecule has 11 heteroatoms. The minimum Gasteiger partial charge on any atom is -0.444 e. The predicted octanol–water partition coefficient (Wildman–Crippen LogP) is 3.53. The summed E-state index contributed by atoms with van der Waals surface area (Å²) in [6, 6.07) is 5.77. The number of fused-ring (bicyclic) bond motifs is 1. The highest BCUT2D eigenvalue weighted by Gasteiger charge is 2.31. The zero-order valence-electron chi connectivity index (χ0n) is 19.1. The van der Waals surface area contributed by atoms with E-state index in [9.17, 15) is 4.79 Å². The molecule has 11 nitrogen and oxygen atoms in total. The summed E-state index contributed by atoms with van der Waals surface area (Å²) in [4.78, 5) is 25.4. The number of nitrogens with one attached hydrogen (secondary N) is 3. The lowest BCUT2D eigenvalue weighted by Crippen LogP contribution is -2.33. The van der Waals surface area contributed by atoms with E-state index in [1.165, 1.54) is 0 Å². The van der Waals surface area contributed by atoms with E-state index in [-0.39, 0.29) is 18.2 Å². The van der Waals surface area contributed by atoms with Gasteiger partial charge in [-0.15, -0.1) is 0 Å². The van der Waals surface area contributed by atoms with Gasteiger partial charge in [0, 0.05) is 54.4 Å². The first-order valence-electron chi connectivity index (χ1n) is 11.1. The van der Waals surface area contributed by atoms with Gasteiger partial charge in [-0.1, -0.05) is 6.07 Å². The van der Waals surface area contributed by atoms with Crippen molar-refractivity contribution < 1.29 is 14.3 Å². The summed E-state index contributed by atoms with van der Waals surface area (Å²) < 4.78 is 13.1. The van der Waals surface area contributed by atoms with Gasteiger partial charge in [-0.3, -0.25) is 14.5 Å². The molecule has 3 N–H and O–H groups in total. The molecule has 0 saturated carbocycles. The molecule has 1 fully saturated rings. The summed E-state index contributed by atoms with van der Waals surface area (Å²) in [5.41, 5.74) is 4.28. The number of carbonyl (C=O) groups excluding carboxylic acids is 1. The van der Waals surface area contributed by atoms with Crippen LogP contribution < -0.4 is 10.6 Å². The Kier molecular flexibility index (Phi) is 5.84. The van der Waals surface area contributed by atoms with Crippen LogP contribution >= 0.6 is 0 Å². The van der Waals surface area contributed by atoms with E-state index >= 15 is 0 Å². The van der Waals surface area contributed by atoms with E-state index in [1.807, 2.05) is 49.6 Å². The van der Waals surface area contributed by atoms with Gasteiger partial charge in [-0.2, -0.15) is 5.10 Å². The van der Waals surface area contributed by atoms with Gasteiger partial charge in [-0.25, -0.2) is 14.8 Å². The highest BCUT2D eigenvalue weighted by atomic mass is 16.6. The first kappa shape index (κ1) is 21.8. The number of rotatable bonds is 6. The van der Waals surface area contributed by atoms with Crippen molar-refractivity contribution in [3.05, 3.63) is 54.4 Å². The molecule has 1 aliphatic rings. The van der Waals surface area contributed by atoms with Crippen molar-refractivity contribution in [1.82, 2.24) is 34.9 Å². The lowest BCUT2D eigenvalue weighted by molar-refractivity contribution is 0.0682. The van der Waals surface area contributed by atoms with Crippen LogP contribution in [0.25, 0.3) is 16.8 Å². The molecule has 5 rings (SSSR count). The number of amides is 1. The Bertz CT molecular complexity index is 1300. The molecular weight excluding hydrogens is 436 g/mol. The molecule has 0 aromatic carbocycles. The third-order valence-corrected chi connectivity index (χ3v) is 5.50. The average molecular weight is 463 g/mol. The van der Waals surface area contributed by atoms with Crippen molar-refractivity contribution in [2.45, 2.75) is 45.4 Å². The van der Waals surface area contributed by atoms with Gasteiger partial charge in [0.2, 0.25) is 5.95 Å². The van der Waals surface area contributed by atoms with E-state index in [0.717, 1.165) is 28.2 Å². The highest BCUT2D eigenvalue weighted by molar-refractivity contribution is 5.80. The van der Waals surface area contributed by atoms with Crippen LogP contribution in [-0.2, 0) is 9.47 Å². The molecule has 2 atom stereocenters. The first-order valence-corrected chi connectivity index (χ1v) is 11.1. The minimum atomic E-state index is -0.434. The van der Waals surface area contributed by atoms with Crippen molar-refractivity contribution >= 4 is 23.5 Å². The minimum absolute atomic E-state index is 0.0180. The number of H-pyrrole nitrogens is 1. The maximum atomic E-state index is 11.8. The van der Waals surface area contributed by atoms with Gasteiger partial charge in [0.1, 0.15) is 17.9 Å². The van der Waals surface area contributed by atoms with E-state index in [1.54, 1.807) is 18.6 Å². The molecule has 1 saturated heterocycles. The molecule has 176 valence electrons. The number of hydrogen-bond acceptors (Lipinski definition) is 8. The summed E-state index contributed by atoms with van der Waals surface area (Å²) >= 11 is 0. The fourth-order valence-electron chi connectivity index (χ4n) is 4.03. The van der Waals surface area contributed by atoms with Crippen LogP contribution in [0.2, 0.25) is 0 Å². The smallest absolute Gasteiger partial charge is 0.407 e. The molecule has 0 radical (unpaired) electrons. The number of carbonyl (C=O) groups is 1. The van der Waals surface area contributed by atoms with Crippen molar-refractivity contribution in [1.29, 1.82) is 0 Å². The van der Waals surface area contributed by atoms with Crippen LogP contribution in [0.5, 0.6) is 0 Å². The van der Waals surface area contributed by atoms with E-state index < -0.39 is 6.09 Å². The molecule has 34 heavy (non-hydrogen) atoms. The summed E-state index contributed by atoms with van der Waals surface area (Å²) in [5, 5.41) is 13.4. The van der Waals surface area contributed by atoms with Gasteiger partial charge in [-0.05, 0) is 26.8 Å². The molecule has 4 aromatic rings. The molecule has 5 heterocycles. The Morgan fingerprint density at radius 3 is 3.03 bits per heavy atom. The maximum absolute atomic E-state index is 11.8. The van der Waals surface area contributed by atoms with Gasteiger partial charge in [0.15, 0.2) is 5.82 Å². The summed E-state index contributed by atoms with van der Waals surface area (Å²) in [6.45, 7) is 6.05. The summed E-state index contributed by atoms with van der Waals surface area (Å²) in [7, 11) is 0. The van der Waals surface area contributed by atoms with Gasteiger partial charge < -0.3 is 20.1 Å². The van der Waals surface area contributed by atoms with Crippen LogP contribution in [0.1, 0.15) is 37.8 Å². The lowest BCUT2D eigenvalue weighted by atomic mass is 10.1. The number of nitrogens with zero attached hydrogens (tertiary/aromatic N) is 5. The lowest BCUT2D eigenvalue weighted by Gasteiger charge is -2.13. The third-order valence-electron chi connectivity index (χ3n) is 5.50. The molecule has 2 unspecified atom stereocenters. The molecule has 1 amide bonds. The fraction of sp³-hybridized carbons (Fsp3) is 0.348. The maximum Gasteiger partial charge on any atom is 0.407 e. The van der Waals surface area contributed by atoms with E-state index in [4.69, 9.17) is 14.5 Å². The van der Waals surface area contributed by atoms with E-state index in [0.29, 0.717) is 24.8 Å². The number of alkyl carbamates (subject to hydrolysis) is 1. The number of pyridine rings is 1. The zero-order chi connectivity index (χ0) is 23.7. The average Bonchev–Trinajstić information content (AvgIpc) is 3.55. The Morgan fingerprint density at radius 2 is 2.24 bits per heavy atom. The SMILES string of the molecule is Cc1nc(Nc2cc(C3CC(OC(=O)NC(C)C)CO3)[nH]n2)n2ccnc2c1-c1cccnc1. The van der Waals surface area contributed by atoms with Crippen LogP contribution in [0.4, 0.5) is 16.6 Å². The second kappa shape index (κ2) is 9.10. The Hall–Kier alpha value is -3.99. The monoisotopic (exact) mass is 462 g/mol. The van der Waals surface area contributed by atoms with Gasteiger partial charge in [0.25, 0.3) is 0 Å². The Labute approximate surface area is 195 Å². The largest absolute Gasteiger partial charge is 0.444 e. The quantitative estimate of drug-likeness (QED) is 0.397. The zero-order valence-corrected chi connectivity index (χ0v) is 19.1. The fourth-order valence-corrected chi connectivity index (χ4v) is 4.03. The number of hydrogen-bond donors (Lipinski definition) is 3.